The molecule has 0 aromatic heterocycles. The van der Waals surface area contributed by atoms with E-state index < -0.39 is 0 Å². The first kappa shape index (κ1) is 10.2. The lowest BCUT2D eigenvalue weighted by atomic mass is 10.1. The van der Waals surface area contributed by atoms with E-state index in [9.17, 15) is 0 Å². The van der Waals surface area contributed by atoms with E-state index in [4.69, 9.17) is 11.0 Å². The molecule has 0 fully saturated rings. The van der Waals surface area contributed by atoms with Crippen molar-refractivity contribution in [2.45, 2.75) is 19.8 Å². The summed E-state index contributed by atoms with van der Waals surface area (Å²) in [6, 6.07) is 7.68. The zero-order chi connectivity index (χ0) is 10.4. The summed E-state index contributed by atoms with van der Waals surface area (Å²) in [4.78, 5) is 0. The van der Waals surface area contributed by atoms with Gasteiger partial charge in [-0.2, -0.15) is 5.26 Å². The number of nitriles is 1. The summed E-state index contributed by atoms with van der Waals surface area (Å²) in [7, 11) is 0. The SMILES string of the molecule is CCc1cc(C#CCC#N)ccc1N. The molecule has 2 heteroatoms. The van der Waals surface area contributed by atoms with E-state index in [2.05, 4.69) is 18.8 Å². The van der Waals surface area contributed by atoms with Gasteiger partial charge in [0.15, 0.2) is 0 Å². The van der Waals surface area contributed by atoms with Crippen LogP contribution in [0.1, 0.15) is 24.5 Å². The van der Waals surface area contributed by atoms with E-state index in [0.29, 0.717) is 0 Å². The van der Waals surface area contributed by atoms with Gasteiger partial charge in [0.1, 0.15) is 0 Å². The van der Waals surface area contributed by atoms with E-state index in [1.165, 1.54) is 0 Å². The van der Waals surface area contributed by atoms with Crippen molar-refractivity contribution in [1.82, 2.24) is 0 Å². The molecule has 0 aliphatic heterocycles. The van der Waals surface area contributed by atoms with Gasteiger partial charge in [-0.15, -0.1) is 0 Å². The van der Waals surface area contributed by atoms with Crippen LogP contribution in [0.5, 0.6) is 0 Å². The molecule has 0 aliphatic carbocycles. The third-order valence-electron chi connectivity index (χ3n) is 1.92. The molecule has 1 rings (SSSR count). The second-order valence-corrected chi connectivity index (χ2v) is 2.90. The van der Waals surface area contributed by atoms with Crippen molar-refractivity contribution in [2.24, 2.45) is 0 Å². The molecule has 0 aliphatic rings. The Hall–Kier alpha value is -1.93. The summed E-state index contributed by atoms with van der Waals surface area (Å²) >= 11 is 0. The van der Waals surface area contributed by atoms with Gasteiger partial charge in [0.25, 0.3) is 0 Å². The van der Waals surface area contributed by atoms with Crippen LogP contribution in [0.4, 0.5) is 5.69 Å². The van der Waals surface area contributed by atoms with E-state index in [-0.39, 0.29) is 6.42 Å². The molecule has 0 heterocycles. The number of nitrogen functional groups attached to an aromatic ring is 1. The summed E-state index contributed by atoms with van der Waals surface area (Å²) in [6.07, 6.45) is 1.17. The Morgan fingerprint density at radius 1 is 1.43 bits per heavy atom. The maximum atomic E-state index is 8.32. The zero-order valence-corrected chi connectivity index (χ0v) is 8.17. The van der Waals surface area contributed by atoms with Gasteiger partial charge in [0.2, 0.25) is 0 Å². The number of rotatable bonds is 1. The van der Waals surface area contributed by atoms with Crippen LogP contribution in [0, 0.1) is 23.2 Å². The Bertz CT molecular complexity index is 416. The van der Waals surface area contributed by atoms with Gasteiger partial charge >= 0.3 is 0 Å². The fraction of sp³-hybridized carbons (Fsp3) is 0.250. The molecule has 0 atom stereocenters. The minimum atomic E-state index is 0.270. The summed E-state index contributed by atoms with van der Waals surface area (Å²) in [6.45, 7) is 2.05. The fourth-order valence-corrected chi connectivity index (χ4v) is 1.18. The second kappa shape index (κ2) is 4.94. The summed E-state index contributed by atoms with van der Waals surface area (Å²) < 4.78 is 0. The lowest BCUT2D eigenvalue weighted by Gasteiger charge is -2.01. The van der Waals surface area contributed by atoms with Crippen LogP contribution in [-0.2, 0) is 6.42 Å². The van der Waals surface area contributed by atoms with Gasteiger partial charge < -0.3 is 5.73 Å². The number of nitrogens with two attached hydrogens (primary N) is 1. The highest BCUT2D eigenvalue weighted by Crippen LogP contribution is 2.13. The lowest BCUT2D eigenvalue weighted by molar-refractivity contribution is 1.14. The predicted molar refractivity (Wildman–Crippen MR) is 57.3 cm³/mol. The molecule has 0 unspecified atom stereocenters. The van der Waals surface area contributed by atoms with Crippen LogP contribution in [-0.4, -0.2) is 0 Å². The highest BCUT2D eigenvalue weighted by atomic mass is 14.6. The third kappa shape index (κ3) is 2.54. The van der Waals surface area contributed by atoms with Gasteiger partial charge in [0, 0.05) is 11.3 Å². The summed E-state index contributed by atoms with van der Waals surface area (Å²) in [5.41, 5.74) is 8.59. The molecule has 0 saturated carbocycles. The molecule has 0 bridgehead atoms. The topological polar surface area (TPSA) is 49.8 Å². The van der Waals surface area contributed by atoms with Gasteiger partial charge in [-0.05, 0) is 30.2 Å². The minimum Gasteiger partial charge on any atom is -0.399 e. The molecule has 0 saturated heterocycles. The van der Waals surface area contributed by atoms with Crippen molar-refractivity contribution >= 4 is 5.69 Å². The van der Waals surface area contributed by atoms with Crippen molar-refractivity contribution in [3.05, 3.63) is 29.3 Å². The highest BCUT2D eigenvalue weighted by molar-refractivity contribution is 5.52. The normalized spacial score (nSPS) is 8.57. The van der Waals surface area contributed by atoms with Gasteiger partial charge in [-0.25, -0.2) is 0 Å². The molecular weight excluding hydrogens is 172 g/mol. The monoisotopic (exact) mass is 184 g/mol. The maximum Gasteiger partial charge on any atom is 0.0966 e. The van der Waals surface area contributed by atoms with Gasteiger partial charge in [0.05, 0.1) is 12.5 Å². The van der Waals surface area contributed by atoms with Crippen molar-refractivity contribution in [2.75, 3.05) is 5.73 Å². The Balaban J connectivity index is 2.92. The Morgan fingerprint density at radius 2 is 2.21 bits per heavy atom. The van der Waals surface area contributed by atoms with Crippen LogP contribution in [0.15, 0.2) is 18.2 Å². The number of aryl methyl sites for hydroxylation is 1. The average Bonchev–Trinajstić information content (AvgIpc) is 2.21. The molecule has 1 aromatic rings. The standard InChI is InChI=1S/C12H12N2/c1-2-11-9-10(5-3-4-8-13)6-7-12(11)14/h6-7,9H,2,4,14H2,1H3. The van der Waals surface area contributed by atoms with E-state index in [1.807, 2.05) is 24.3 Å². The van der Waals surface area contributed by atoms with E-state index in [1.54, 1.807) is 0 Å². The first-order chi connectivity index (χ1) is 6.77. The number of hydrogen-bond acceptors (Lipinski definition) is 2. The third-order valence-corrected chi connectivity index (χ3v) is 1.92. The van der Waals surface area contributed by atoms with E-state index >= 15 is 0 Å². The van der Waals surface area contributed by atoms with Crippen molar-refractivity contribution < 1.29 is 0 Å². The van der Waals surface area contributed by atoms with Crippen LogP contribution < -0.4 is 5.73 Å². The first-order valence-corrected chi connectivity index (χ1v) is 4.52. The zero-order valence-electron chi connectivity index (χ0n) is 8.17. The average molecular weight is 184 g/mol. The smallest absolute Gasteiger partial charge is 0.0966 e. The van der Waals surface area contributed by atoms with Crippen LogP contribution >= 0.6 is 0 Å². The second-order valence-electron chi connectivity index (χ2n) is 2.90. The molecule has 2 N–H and O–H groups in total. The Morgan fingerprint density at radius 3 is 2.86 bits per heavy atom. The summed E-state index contributed by atoms with van der Waals surface area (Å²) in [5, 5.41) is 8.32. The largest absolute Gasteiger partial charge is 0.399 e. The van der Waals surface area contributed by atoms with Gasteiger partial charge in [-0.3, -0.25) is 0 Å². The van der Waals surface area contributed by atoms with Crippen molar-refractivity contribution in [3.8, 4) is 17.9 Å². The van der Waals surface area contributed by atoms with Crippen molar-refractivity contribution in [3.63, 3.8) is 0 Å². The maximum absolute atomic E-state index is 8.32. The predicted octanol–water partition coefficient (Wildman–Crippen LogP) is 2.10. The molecule has 14 heavy (non-hydrogen) atoms. The molecule has 0 radical (unpaired) electrons. The Kier molecular flexibility index (Phi) is 3.58. The quantitative estimate of drug-likeness (QED) is 0.536. The number of hydrogen-bond donors (Lipinski definition) is 1. The highest BCUT2D eigenvalue weighted by Gasteiger charge is 1.96. The first-order valence-electron chi connectivity index (χ1n) is 4.52. The lowest BCUT2D eigenvalue weighted by Crippen LogP contribution is -1.92. The molecule has 70 valence electrons. The Labute approximate surface area is 84.4 Å². The molecule has 0 spiro atoms. The van der Waals surface area contributed by atoms with Crippen molar-refractivity contribution in [1.29, 1.82) is 5.26 Å². The van der Waals surface area contributed by atoms with Crippen LogP contribution in [0.3, 0.4) is 0 Å². The molecule has 0 amide bonds. The molecule has 1 aromatic carbocycles. The van der Waals surface area contributed by atoms with Crippen LogP contribution in [0.2, 0.25) is 0 Å². The van der Waals surface area contributed by atoms with Gasteiger partial charge in [-0.1, -0.05) is 18.8 Å². The number of nitrogens with zero attached hydrogens (tertiary/aromatic N) is 1. The molecule has 2 nitrogen and oxygen atoms in total. The minimum absolute atomic E-state index is 0.270. The summed E-state index contributed by atoms with van der Waals surface area (Å²) in [5.74, 6) is 5.69. The number of anilines is 1. The van der Waals surface area contributed by atoms with Crippen LogP contribution in [0.25, 0.3) is 0 Å². The van der Waals surface area contributed by atoms with E-state index in [0.717, 1.165) is 23.2 Å². The number of benzene rings is 1. The molecular formula is C12H12N2. The fourth-order valence-electron chi connectivity index (χ4n) is 1.18.